The van der Waals surface area contributed by atoms with Crippen molar-refractivity contribution >= 4 is 16.0 Å². The van der Waals surface area contributed by atoms with Gasteiger partial charge < -0.3 is 5.73 Å². The zero-order valence-corrected chi connectivity index (χ0v) is 11.8. The second-order valence-corrected chi connectivity index (χ2v) is 6.72. The first-order valence-electron chi connectivity index (χ1n) is 6.49. The lowest BCUT2D eigenvalue weighted by Gasteiger charge is -2.29. The molecule has 106 valence electrons. The van der Waals surface area contributed by atoms with Gasteiger partial charge in [-0.2, -0.15) is 12.7 Å². The highest BCUT2D eigenvalue weighted by atomic mass is 32.2. The van der Waals surface area contributed by atoms with E-state index in [2.05, 4.69) is 11.6 Å². The van der Waals surface area contributed by atoms with Crippen molar-refractivity contribution in [2.24, 2.45) is 11.7 Å². The Kier molecular flexibility index (Phi) is 6.04. The Labute approximate surface area is 110 Å². The Balaban J connectivity index is 2.25. The fraction of sp³-hybridized carbons (Fsp3) is 0.909. The van der Waals surface area contributed by atoms with Crippen LogP contribution in [-0.2, 0) is 10.2 Å². The van der Waals surface area contributed by atoms with Crippen LogP contribution in [0.4, 0.5) is 0 Å². The predicted octanol–water partition coefficient (Wildman–Crippen LogP) is 0.659. The molecule has 0 radical (unpaired) electrons. The number of hydrogen-bond donors (Lipinski definition) is 3. The molecule has 1 heterocycles. The maximum absolute atomic E-state index is 11.9. The van der Waals surface area contributed by atoms with Crippen LogP contribution in [-0.4, -0.2) is 38.2 Å². The lowest BCUT2D eigenvalue weighted by Crippen LogP contribution is -2.44. The topological polar surface area (TPSA) is 99.3 Å². The minimum atomic E-state index is -3.31. The summed E-state index contributed by atoms with van der Waals surface area (Å²) in [6.07, 6.45) is 3.86. The average molecular weight is 276 g/mol. The van der Waals surface area contributed by atoms with Gasteiger partial charge in [0.05, 0.1) is 5.84 Å². The van der Waals surface area contributed by atoms with Crippen LogP contribution in [0.5, 0.6) is 0 Å². The van der Waals surface area contributed by atoms with E-state index in [9.17, 15) is 8.42 Å². The second kappa shape index (κ2) is 7.06. The van der Waals surface area contributed by atoms with Gasteiger partial charge in [-0.15, -0.1) is 0 Å². The summed E-state index contributed by atoms with van der Waals surface area (Å²) in [6, 6.07) is 0. The van der Waals surface area contributed by atoms with Gasteiger partial charge in [-0.05, 0) is 31.6 Å². The van der Waals surface area contributed by atoms with Gasteiger partial charge in [-0.1, -0.05) is 6.92 Å². The van der Waals surface area contributed by atoms with Crippen LogP contribution in [0.25, 0.3) is 0 Å². The minimum Gasteiger partial charge on any atom is -0.388 e. The molecular formula is C11H24N4O2S. The first-order valence-corrected chi connectivity index (χ1v) is 7.93. The summed E-state index contributed by atoms with van der Waals surface area (Å²) in [5, 5.41) is 7.06. The third kappa shape index (κ3) is 5.32. The van der Waals surface area contributed by atoms with Gasteiger partial charge in [0.1, 0.15) is 0 Å². The van der Waals surface area contributed by atoms with Gasteiger partial charge in [0.2, 0.25) is 0 Å². The molecule has 7 heteroatoms. The molecule has 0 aromatic carbocycles. The van der Waals surface area contributed by atoms with Crippen LogP contribution >= 0.6 is 0 Å². The molecule has 1 aliphatic rings. The first-order chi connectivity index (χ1) is 8.42. The molecule has 1 aliphatic heterocycles. The summed E-state index contributed by atoms with van der Waals surface area (Å²) in [5.41, 5.74) is 5.23. The maximum Gasteiger partial charge on any atom is 0.279 e. The fourth-order valence-corrected chi connectivity index (χ4v) is 3.23. The van der Waals surface area contributed by atoms with Crippen molar-refractivity contribution in [1.82, 2.24) is 9.03 Å². The van der Waals surface area contributed by atoms with Crippen LogP contribution in [0, 0.1) is 11.3 Å². The molecule has 1 fully saturated rings. The molecule has 6 nitrogen and oxygen atoms in total. The number of piperidine rings is 1. The third-order valence-electron chi connectivity index (χ3n) is 3.24. The van der Waals surface area contributed by atoms with Crippen LogP contribution in [0.3, 0.4) is 0 Å². The van der Waals surface area contributed by atoms with Crippen LogP contribution in [0.1, 0.15) is 39.0 Å². The van der Waals surface area contributed by atoms with Gasteiger partial charge in [0.25, 0.3) is 10.2 Å². The number of nitrogens with two attached hydrogens (primary N) is 1. The van der Waals surface area contributed by atoms with E-state index < -0.39 is 10.2 Å². The van der Waals surface area contributed by atoms with E-state index in [1.54, 1.807) is 0 Å². The van der Waals surface area contributed by atoms with Crippen molar-refractivity contribution in [3.63, 3.8) is 0 Å². The van der Waals surface area contributed by atoms with E-state index in [1.807, 2.05) is 0 Å². The van der Waals surface area contributed by atoms with E-state index in [0.29, 0.717) is 38.4 Å². The quantitative estimate of drug-likeness (QED) is 0.362. The number of amidine groups is 1. The Morgan fingerprint density at radius 2 is 2.00 bits per heavy atom. The van der Waals surface area contributed by atoms with Gasteiger partial charge in [-0.3, -0.25) is 5.41 Å². The first kappa shape index (κ1) is 15.4. The number of nitrogens with one attached hydrogen (secondary N) is 2. The third-order valence-corrected chi connectivity index (χ3v) is 4.85. The highest BCUT2D eigenvalue weighted by Crippen LogP contribution is 2.17. The molecule has 0 aromatic rings. The summed E-state index contributed by atoms with van der Waals surface area (Å²) in [5.74, 6) is 0.773. The Morgan fingerprint density at radius 3 is 2.56 bits per heavy atom. The van der Waals surface area contributed by atoms with Crippen LogP contribution in [0.15, 0.2) is 0 Å². The SMILES string of the molecule is CC1CCN(S(=O)(=O)NCCCCC(=N)N)CC1. The molecule has 1 rings (SSSR count). The number of nitrogens with zero attached hydrogens (tertiary/aromatic N) is 1. The van der Waals surface area contributed by atoms with E-state index in [-0.39, 0.29) is 5.84 Å². The summed E-state index contributed by atoms with van der Waals surface area (Å²) in [6.45, 7) is 3.80. The maximum atomic E-state index is 11.9. The van der Waals surface area contributed by atoms with Crippen LogP contribution < -0.4 is 10.5 Å². The molecule has 0 bridgehead atoms. The molecule has 0 atom stereocenters. The van der Waals surface area contributed by atoms with Crippen molar-refractivity contribution < 1.29 is 8.42 Å². The van der Waals surface area contributed by atoms with Crippen molar-refractivity contribution in [3.8, 4) is 0 Å². The Morgan fingerprint density at radius 1 is 1.39 bits per heavy atom. The van der Waals surface area contributed by atoms with Gasteiger partial charge >= 0.3 is 0 Å². The van der Waals surface area contributed by atoms with E-state index >= 15 is 0 Å². The van der Waals surface area contributed by atoms with E-state index in [0.717, 1.165) is 19.3 Å². The standard InChI is InChI=1S/C11H24N4O2S/c1-10-5-8-15(9-6-10)18(16,17)14-7-3-2-4-11(12)13/h10,14H,2-9H2,1H3,(H3,12,13). The molecule has 0 saturated carbocycles. The van der Waals surface area contributed by atoms with Crippen molar-refractivity contribution in [1.29, 1.82) is 5.41 Å². The Bertz CT molecular complexity index is 361. The lowest BCUT2D eigenvalue weighted by atomic mass is 10.0. The predicted molar refractivity (Wildman–Crippen MR) is 72.7 cm³/mol. The number of unbranched alkanes of at least 4 members (excludes halogenated alkanes) is 1. The summed E-state index contributed by atoms with van der Waals surface area (Å²) in [7, 11) is -3.31. The molecule has 0 spiro atoms. The lowest BCUT2D eigenvalue weighted by molar-refractivity contribution is 0.285. The highest BCUT2D eigenvalue weighted by molar-refractivity contribution is 7.87. The molecular weight excluding hydrogens is 252 g/mol. The van der Waals surface area contributed by atoms with Crippen molar-refractivity contribution in [2.75, 3.05) is 19.6 Å². The Hall–Kier alpha value is -0.660. The molecule has 4 N–H and O–H groups in total. The van der Waals surface area contributed by atoms with E-state index in [4.69, 9.17) is 11.1 Å². The van der Waals surface area contributed by atoms with Crippen LogP contribution in [0.2, 0.25) is 0 Å². The molecule has 0 aromatic heterocycles. The summed E-state index contributed by atoms with van der Waals surface area (Å²) < 4.78 is 28.0. The smallest absolute Gasteiger partial charge is 0.279 e. The molecule has 0 amide bonds. The van der Waals surface area contributed by atoms with Gasteiger partial charge in [0, 0.05) is 26.1 Å². The largest absolute Gasteiger partial charge is 0.388 e. The molecule has 0 aliphatic carbocycles. The number of rotatable bonds is 7. The van der Waals surface area contributed by atoms with Crippen molar-refractivity contribution in [3.05, 3.63) is 0 Å². The van der Waals surface area contributed by atoms with E-state index in [1.165, 1.54) is 4.31 Å². The van der Waals surface area contributed by atoms with Gasteiger partial charge in [0.15, 0.2) is 0 Å². The zero-order chi connectivity index (χ0) is 13.6. The summed E-state index contributed by atoms with van der Waals surface area (Å²) >= 11 is 0. The molecule has 18 heavy (non-hydrogen) atoms. The molecule has 0 unspecified atom stereocenters. The zero-order valence-electron chi connectivity index (χ0n) is 11.0. The normalized spacial score (nSPS) is 18.9. The fourth-order valence-electron chi connectivity index (χ4n) is 1.96. The summed E-state index contributed by atoms with van der Waals surface area (Å²) in [4.78, 5) is 0. The van der Waals surface area contributed by atoms with Gasteiger partial charge in [-0.25, -0.2) is 4.72 Å². The minimum absolute atomic E-state index is 0.155. The second-order valence-electron chi connectivity index (χ2n) is 4.96. The average Bonchev–Trinajstić information content (AvgIpc) is 2.28. The highest BCUT2D eigenvalue weighted by Gasteiger charge is 2.25. The number of hydrogen-bond acceptors (Lipinski definition) is 3. The van der Waals surface area contributed by atoms with Crippen molar-refractivity contribution in [2.45, 2.75) is 39.0 Å². The molecule has 1 saturated heterocycles. The monoisotopic (exact) mass is 276 g/mol.